The number of methoxy groups -OCH3 is 1. The lowest BCUT2D eigenvalue weighted by Gasteiger charge is -2.20. The summed E-state index contributed by atoms with van der Waals surface area (Å²) in [6.07, 6.45) is 5.65. The molecule has 2 aliphatic heterocycles. The summed E-state index contributed by atoms with van der Waals surface area (Å²) >= 11 is 6.55. The van der Waals surface area contributed by atoms with Crippen molar-refractivity contribution in [1.29, 1.82) is 0 Å². The number of aryl methyl sites for hydroxylation is 2. The lowest BCUT2D eigenvalue weighted by Crippen LogP contribution is -2.10. The Bertz CT molecular complexity index is 1400. The van der Waals surface area contributed by atoms with Gasteiger partial charge in [-0.3, -0.25) is 0 Å². The summed E-state index contributed by atoms with van der Waals surface area (Å²) in [5.41, 5.74) is 6.83. The Morgan fingerprint density at radius 3 is 2.45 bits per heavy atom. The van der Waals surface area contributed by atoms with E-state index in [1.165, 1.54) is 11.1 Å². The van der Waals surface area contributed by atoms with E-state index in [0.717, 1.165) is 39.8 Å². The zero-order valence-electron chi connectivity index (χ0n) is 19.0. The van der Waals surface area contributed by atoms with Gasteiger partial charge in [0.1, 0.15) is 11.4 Å². The number of rotatable bonds is 5. The third kappa shape index (κ3) is 3.87. The van der Waals surface area contributed by atoms with Gasteiger partial charge in [-0.05, 0) is 44.5 Å². The smallest absolute Gasteiger partial charge is 0.165 e. The van der Waals surface area contributed by atoms with Gasteiger partial charge in [-0.15, -0.1) is 10.2 Å². The van der Waals surface area contributed by atoms with Crippen molar-refractivity contribution in [2.45, 2.75) is 26.8 Å². The number of ether oxygens (including phenoxy) is 1. The number of nitrogens with zero attached hydrogens (tertiary/aromatic N) is 5. The van der Waals surface area contributed by atoms with Gasteiger partial charge >= 0.3 is 0 Å². The molecule has 0 N–H and O–H groups in total. The van der Waals surface area contributed by atoms with Crippen molar-refractivity contribution in [2.24, 2.45) is 0 Å². The third-order valence-corrected chi connectivity index (χ3v) is 6.16. The van der Waals surface area contributed by atoms with Crippen LogP contribution in [0.1, 0.15) is 29.8 Å². The molecule has 0 radical (unpaired) electrons. The normalized spacial score (nSPS) is 12.3. The third-order valence-electron chi connectivity index (χ3n) is 5.95. The van der Waals surface area contributed by atoms with E-state index in [9.17, 15) is 0 Å². The molecule has 7 heteroatoms. The average Bonchev–Trinajstić information content (AvgIpc) is 3.44. The van der Waals surface area contributed by atoms with Crippen LogP contribution in [-0.4, -0.2) is 31.4 Å². The molecule has 0 bridgehead atoms. The highest BCUT2D eigenvalue weighted by atomic mass is 35.5. The molecule has 0 saturated carbocycles. The van der Waals surface area contributed by atoms with Gasteiger partial charge in [0.05, 0.1) is 35.9 Å². The Morgan fingerprint density at radius 2 is 1.76 bits per heavy atom. The minimum absolute atomic E-state index is 0.0535. The van der Waals surface area contributed by atoms with Gasteiger partial charge in [0.15, 0.2) is 5.82 Å². The van der Waals surface area contributed by atoms with Gasteiger partial charge in [0.25, 0.3) is 0 Å². The van der Waals surface area contributed by atoms with Crippen molar-refractivity contribution < 1.29 is 4.74 Å². The van der Waals surface area contributed by atoms with E-state index >= 15 is 0 Å². The molecule has 0 fully saturated rings. The highest BCUT2D eigenvalue weighted by Crippen LogP contribution is 2.38. The van der Waals surface area contributed by atoms with E-state index in [-0.39, 0.29) is 6.04 Å². The summed E-state index contributed by atoms with van der Waals surface area (Å²) in [4.78, 5) is 4.31. The summed E-state index contributed by atoms with van der Waals surface area (Å²) in [5.74, 6) is 1.51. The van der Waals surface area contributed by atoms with Gasteiger partial charge in [0.2, 0.25) is 0 Å². The van der Waals surface area contributed by atoms with Crippen LogP contribution in [0.4, 0.5) is 0 Å². The van der Waals surface area contributed by atoms with Crippen LogP contribution in [0.3, 0.4) is 0 Å². The van der Waals surface area contributed by atoms with E-state index in [4.69, 9.17) is 16.3 Å². The molecule has 0 amide bonds. The van der Waals surface area contributed by atoms with E-state index < -0.39 is 0 Å². The van der Waals surface area contributed by atoms with Gasteiger partial charge in [0, 0.05) is 23.5 Å². The molecule has 166 valence electrons. The molecule has 5 rings (SSSR count). The number of fused-ring (bicyclic) bond motifs is 1. The maximum atomic E-state index is 6.55. The molecule has 3 heterocycles. The Kier molecular flexibility index (Phi) is 5.38. The van der Waals surface area contributed by atoms with Crippen molar-refractivity contribution in [3.05, 3.63) is 89.1 Å². The first kappa shape index (κ1) is 21.2. The lowest BCUT2D eigenvalue weighted by molar-refractivity contribution is 0.413. The molecule has 2 aliphatic rings. The van der Waals surface area contributed by atoms with Crippen molar-refractivity contribution >= 4 is 11.6 Å². The van der Waals surface area contributed by atoms with Crippen LogP contribution in [0.2, 0.25) is 5.02 Å². The molecule has 1 atom stereocenters. The fourth-order valence-corrected chi connectivity index (χ4v) is 4.32. The molecule has 6 nitrogen and oxygen atoms in total. The predicted molar refractivity (Wildman–Crippen MR) is 130 cm³/mol. The Hall–Kier alpha value is -3.64. The largest absolute Gasteiger partial charge is 0.495 e. The predicted octanol–water partition coefficient (Wildman–Crippen LogP) is 6.12. The van der Waals surface area contributed by atoms with Crippen LogP contribution in [0, 0.1) is 13.8 Å². The SMILES string of the molecule is COc1cc(-c2nnc3n([C@@H](C)c4ccc(C)cc4)cc(Cl)cc2-3)ccc1-n1cnc(C)c1. The number of benzene rings is 2. The first-order chi connectivity index (χ1) is 15.9. The van der Waals surface area contributed by atoms with E-state index in [1.54, 1.807) is 13.4 Å². The molecule has 1 aromatic heterocycles. The topological polar surface area (TPSA) is 57.8 Å². The van der Waals surface area contributed by atoms with Crippen LogP contribution in [0.15, 0.2) is 67.3 Å². The van der Waals surface area contributed by atoms with Gasteiger partial charge in [-0.1, -0.05) is 47.5 Å². The molecule has 0 saturated heterocycles. The van der Waals surface area contributed by atoms with Crippen LogP contribution in [0.25, 0.3) is 28.3 Å². The minimum Gasteiger partial charge on any atom is -0.495 e. The Balaban J connectivity index is 1.57. The standard InChI is InChI=1S/C26H24ClN5O/c1-16-5-7-19(8-6-16)18(3)32-14-21(27)12-22-25(29-30-26(22)32)20-9-10-23(24(11-20)33-4)31-13-17(2)28-15-31/h5-15,18H,1-4H3/t18-/m0/s1. The second kappa shape index (κ2) is 8.37. The maximum Gasteiger partial charge on any atom is 0.165 e. The molecule has 0 aliphatic carbocycles. The average molecular weight is 458 g/mol. The quantitative estimate of drug-likeness (QED) is 0.319. The zero-order chi connectivity index (χ0) is 23.1. The van der Waals surface area contributed by atoms with Crippen molar-refractivity contribution in [3.63, 3.8) is 0 Å². The number of imidazole rings is 1. The van der Waals surface area contributed by atoms with Crippen LogP contribution in [0.5, 0.6) is 5.75 Å². The summed E-state index contributed by atoms with van der Waals surface area (Å²) in [7, 11) is 1.66. The number of halogens is 1. The number of hydrogen-bond acceptors (Lipinski definition) is 4. The van der Waals surface area contributed by atoms with Crippen molar-refractivity contribution in [1.82, 2.24) is 24.3 Å². The molecular weight excluding hydrogens is 434 g/mol. The first-order valence-corrected chi connectivity index (χ1v) is 11.1. The van der Waals surface area contributed by atoms with Gasteiger partial charge in [-0.2, -0.15) is 0 Å². The van der Waals surface area contributed by atoms with Crippen molar-refractivity contribution in [2.75, 3.05) is 7.11 Å². The molecule has 0 unspecified atom stereocenters. The second-order valence-corrected chi connectivity index (χ2v) is 8.68. The summed E-state index contributed by atoms with van der Waals surface area (Å²) in [6.45, 7) is 6.18. The van der Waals surface area contributed by atoms with Crippen LogP contribution < -0.4 is 4.74 Å². The van der Waals surface area contributed by atoms with Gasteiger partial charge < -0.3 is 13.9 Å². The highest BCUT2D eigenvalue weighted by Gasteiger charge is 2.23. The Labute approximate surface area is 197 Å². The monoisotopic (exact) mass is 457 g/mol. The maximum absolute atomic E-state index is 6.55. The van der Waals surface area contributed by atoms with E-state index in [1.807, 2.05) is 48.1 Å². The Morgan fingerprint density at radius 1 is 0.970 bits per heavy atom. The van der Waals surface area contributed by atoms with Crippen molar-refractivity contribution in [3.8, 4) is 34.1 Å². The second-order valence-electron chi connectivity index (χ2n) is 8.25. The lowest BCUT2D eigenvalue weighted by atomic mass is 10.0. The zero-order valence-corrected chi connectivity index (χ0v) is 19.7. The highest BCUT2D eigenvalue weighted by molar-refractivity contribution is 6.30. The minimum atomic E-state index is 0.0535. The summed E-state index contributed by atoms with van der Waals surface area (Å²) in [5, 5.41) is 9.71. The molecule has 0 spiro atoms. The number of pyridine rings is 1. The fraction of sp³-hybridized carbons (Fsp3) is 0.192. The molecule has 3 aromatic rings. The molecular formula is C26H24ClN5O. The fourth-order valence-electron chi connectivity index (χ4n) is 4.11. The van der Waals surface area contributed by atoms with E-state index in [2.05, 4.69) is 57.9 Å². The number of aromatic nitrogens is 5. The number of hydrogen-bond donors (Lipinski definition) is 0. The van der Waals surface area contributed by atoms with Gasteiger partial charge in [-0.25, -0.2) is 4.98 Å². The molecule has 2 aromatic carbocycles. The van der Waals surface area contributed by atoms with Crippen LogP contribution >= 0.6 is 11.6 Å². The first-order valence-electron chi connectivity index (χ1n) is 10.7. The van der Waals surface area contributed by atoms with E-state index in [0.29, 0.717) is 5.02 Å². The van der Waals surface area contributed by atoms with Crippen LogP contribution in [-0.2, 0) is 0 Å². The molecule has 33 heavy (non-hydrogen) atoms. The summed E-state index contributed by atoms with van der Waals surface area (Å²) < 4.78 is 9.71. The summed E-state index contributed by atoms with van der Waals surface area (Å²) in [6, 6.07) is 16.5.